The third kappa shape index (κ3) is 15.6. The Kier molecular flexibility index (Phi) is 23.8. The Balaban J connectivity index is -0.00000144. The number of carboxylic acid groups (broad SMARTS) is 2. The summed E-state index contributed by atoms with van der Waals surface area (Å²) in [6.45, 7) is 2.19. The molecule has 0 aliphatic heterocycles. The average molecular weight is 302 g/mol. The molecule has 0 aliphatic carbocycles. The molecule has 0 fully saturated rings. The standard InChI is InChI=1S/C14H26O4.K.Li/c1-2-3-4-5-6-7-8-9-10-11-12(13(15)16)14(17)18;;/h12H,2-11H2,1H3,(H,15,16)(H,17,18);;/q;2*+1/p-2. The maximum absolute atomic E-state index is 10.5. The number of carboxylic acids is 2. The van der Waals surface area contributed by atoms with Crippen molar-refractivity contribution in [3.8, 4) is 0 Å². The van der Waals surface area contributed by atoms with E-state index in [4.69, 9.17) is 0 Å². The third-order valence-corrected chi connectivity index (χ3v) is 3.17. The van der Waals surface area contributed by atoms with Gasteiger partial charge in [0.1, 0.15) is 0 Å². The second-order valence-electron chi connectivity index (χ2n) is 4.81. The monoisotopic (exact) mass is 302 g/mol. The molecule has 0 N–H and O–H groups in total. The fourth-order valence-corrected chi connectivity index (χ4v) is 1.99. The van der Waals surface area contributed by atoms with Crippen molar-refractivity contribution < 1.29 is 90.0 Å². The van der Waals surface area contributed by atoms with Crippen LogP contribution in [0.25, 0.3) is 0 Å². The predicted molar refractivity (Wildman–Crippen MR) is 65.3 cm³/mol. The average Bonchev–Trinajstić information content (AvgIpc) is 2.30. The van der Waals surface area contributed by atoms with E-state index in [-0.39, 0.29) is 76.7 Å². The minimum Gasteiger partial charge on any atom is -0.549 e. The first kappa shape index (κ1) is 26.1. The van der Waals surface area contributed by atoms with Crippen LogP contribution in [0.3, 0.4) is 0 Å². The summed E-state index contributed by atoms with van der Waals surface area (Å²) in [6, 6.07) is 0. The van der Waals surface area contributed by atoms with Crippen molar-refractivity contribution in [1.29, 1.82) is 0 Å². The fraction of sp³-hybridized carbons (Fsp3) is 0.857. The number of hydrogen-bond acceptors (Lipinski definition) is 4. The molecule has 0 aliphatic rings. The van der Waals surface area contributed by atoms with Gasteiger partial charge in [-0.2, -0.15) is 0 Å². The zero-order valence-corrected chi connectivity index (χ0v) is 16.4. The van der Waals surface area contributed by atoms with Gasteiger partial charge < -0.3 is 19.8 Å². The van der Waals surface area contributed by atoms with Gasteiger partial charge in [0, 0.05) is 5.92 Å². The maximum atomic E-state index is 10.5. The Labute approximate surface area is 177 Å². The summed E-state index contributed by atoms with van der Waals surface area (Å²) in [4.78, 5) is 21.0. The quantitative estimate of drug-likeness (QED) is 0.205. The SMILES string of the molecule is CCCCCCCCCCCC(C(=O)[O-])C(=O)[O-].[K+].[Li+]. The molecule has 0 saturated carbocycles. The number of unbranched alkanes of at least 4 members (excludes halogenated alkanes) is 8. The fourth-order valence-electron chi connectivity index (χ4n) is 1.99. The molecule has 0 saturated heterocycles. The van der Waals surface area contributed by atoms with E-state index >= 15 is 0 Å². The molecule has 0 aromatic carbocycles. The molecule has 0 amide bonds. The van der Waals surface area contributed by atoms with Gasteiger partial charge in [-0.05, 0) is 6.42 Å². The van der Waals surface area contributed by atoms with Gasteiger partial charge in [0.25, 0.3) is 0 Å². The topological polar surface area (TPSA) is 80.3 Å². The van der Waals surface area contributed by atoms with Gasteiger partial charge in [0.05, 0.1) is 11.9 Å². The van der Waals surface area contributed by atoms with Gasteiger partial charge in [-0.1, -0.05) is 64.7 Å². The summed E-state index contributed by atoms with van der Waals surface area (Å²) in [5.74, 6) is -4.52. The smallest absolute Gasteiger partial charge is 0.549 e. The van der Waals surface area contributed by atoms with Crippen LogP contribution in [0.1, 0.15) is 71.1 Å². The van der Waals surface area contributed by atoms with Crippen molar-refractivity contribution in [2.24, 2.45) is 5.92 Å². The second-order valence-corrected chi connectivity index (χ2v) is 4.81. The van der Waals surface area contributed by atoms with Crippen molar-refractivity contribution in [3.63, 3.8) is 0 Å². The van der Waals surface area contributed by atoms with E-state index in [0.29, 0.717) is 6.42 Å². The zero-order chi connectivity index (χ0) is 13.8. The molecule has 4 nitrogen and oxygen atoms in total. The molecule has 0 atom stereocenters. The van der Waals surface area contributed by atoms with Crippen LogP contribution >= 0.6 is 0 Å². The molecule has 0 spiro atoms. The van der Waals surface area contributed by atoms with E-state index in [0.717, 1.165) is 19.3 Å². The van der Waals surface area contributed by atoms with Crippen molar-refractivity contribution in [1.82, 2.24) is 0 Å². The molecule has 20 heavy (non-hydrogen) atoms. The van der Waals surface area contributed by atoms with Crippen molar-refractivity contribution in [2.75, 3.05) is 0 Å². The molecule has 106 valence electrons. The number of rotatable bonds is 12. The first-order valence-corrected chi connectivity index (χ1v) is 7.01. The van der Waals surface area contributed by atoms with Crippen LogP contribution in [-0.4, -0.2) is 11.9 Å². The Morgan fingerprint density at radius 1 is 0.800 bits per heavy atom. The first-order chi connectivity index (χ1) is 8.59. The van der Waals surface area contributed by atoms with Gasteiger partial charge >= 0.3 is 70.2 Å². The summed E-state index contributed by atoms with van der Waals surface area (Å²) in [5, 5.41) is 21.0. The van der Waals surface area contributed by atoms with E-state index in [1.165, 1.54) is 32.1 Å². The minimum atomic E-state index is -1.53. The Morgan fingerprint density at radius 2 is 1.15 bits per heavy atom. The summed E-state index contributed by atoms with van der Waals surface area (Å²) in [7, 11) is 0. The Hall–Kier alpha value is 1.17. The van der Waals surface area contributed by atoms with Gasteiger partial charge in [0.15, 0.2) is 0 Å². The van der Waals surface area contributed by atoms with Crippen LogP contribution in [0.15, 0.2) is 0 Å². The van der Waals surface area contributed by atoms with Gasteiger partial charge in [-0.3, -0.25) is 0 Å². The summed E-state index contributed by atoms with van der Waals surface area (Å²) >= 11 is 0. The molecular formula is C14H24KLiO4. The molecule has 6 heteroatoms. The molecule has 0 radical (unpaired) electrons. The summed E-state index contributed by atoms with van der Waals surface area (Å²) < 4.78 is 0. The van der Waals surface area contributed by atoms with Gasteiger partial charge in [-0.25, -0.2) is 0 Å². The third-order valence-electron chi connectivity index (χ3n) is 3.17. The van der Waals surface area contributed by atoms with Crippen molar-refractivity contribution in [3.05, 3.63) is 0 Å². The second kappa shape index (κ2) is 18.2. The largest absolute Gasteiger partial charge is 1.00 e. The molecule has 0 aromatic heterocycles. The van der Waals surface area contributed by atoms with Gasteiger partial charge in [-0.15, -0.1) is 0 Å². The van der Waals surface area contributed by atoms with Crippen LogP contribution in [0.2, 0.25) is 0 Å². The van der Waals surface area contributed by atoms with Crippen molar-refractivity contribution >= 4 is 11.9 Å². The van der Waals surface area contributed by atoms with E-state index in [1.54, 1.807) is 0 Å². The van der Waals surface area contributed by atoms with Crippen LogP contribution in [0.4, 0.5) is 0 Å². The van der Waals surface area contributed by atoms with Crippen LogP contribution in [0, 0.1) is 5.92 Å². The number of carbonyl (C=O) groups is 2. The van der Waals surface area contributed by atoms with Crippen molar-refractivity contribution in [2.45, 2.75) is 71.1 Å². The normalized spacial score (nSPS) is 9.70. The molecular weight excluding hydrogens is 278 g/mol. The summed E-state index contributed by atoms with van der Waals surface area (Å²) in [6.07, 6.45) is 10.1. The van der Waals surface area contributed by atoms with Crippen LogP contribution in [-0.2, 0) is 9.59 Å². The number of aliphatic carboxylic acids is 2. The molecule has 0 rings (SSSR count). The molecule has 0 unspecified atom stereocenters. The molecule has 0 bridgehead atoms. The Bertz CT molecular complexity index is 235. The predicted octanol–water partition coefficient (Wildman–Crippen LogP) is -4.97. The maximum Gasteiger partial charge on any atom is 1.00 e. The Morgan fingerprint density at radius 3 is 1.50 bits per heavy atom. The van der Waals surface area contributed by atoms with E-state index in [9.17, 15) is 19.8 Å². The van der Waals surface area contributed by atoms with E-state index in [1.807, 2.05) is 0 Å². The summed E-state index contributed by atoms with van der Waals surface area (Å²) in [5.41, 5.74) is 0. The molecule has 0 aromatic rings. The van der Waals surface area contributed by atoms with E-state index in [2.05, 4.69) is 6.92 Å². The number of hydrogen-bond donors (Lipinski definition) is 0. The number of carbonyl (C=O) groups excluding carboxylic acids is 2. The van der Waals surface area contributed by atoms with Crippen LogP contribution in [0.5, 0.6) is 0 Å². The minimum absolute atomic E-state index is 0. The molecule has 0 heterocycles. The van der Waals surface area contributed by atoms with Crippen LogP contribution < -0.4 is 80.5 Å². The first-order valence-electron chi connectivity index (χ1n) is 7.01. The van der Waals surface area contributed by atoms with E-state index < -0.39 is 17.9 Å². The van der Waals surface area contributed by atoms with Gasteiger partial charge in [0.2, 0.25) is 0 Å². The zero-order valence-electron chi connectivity index (χ0n) is 13.3.